The number of fused-ring (bicyclic) bond motifs is 16. The third-order valence-corrected chi connectivity index (χ3v) is 23.2. The largest absolute Gasteiger partial charge is 0.461 e. The zero-order valence-corrected chi connectivity index (χ0v) is 69.1. The molecule has 1 aromatic carbocycles. The quantitative estimate of drug-likeness (QED) is 0.0589. The first-order valence-corrected chi connectivity index (χ1v) is 41.7. The third kappa shape index (κ3) is 17.7. The number of carbonyl (C=O) groups excluding carboxylic acids is 4. The van der Waals surface area contributed by atoms with Gasteiger partial charge in [-0.3, -0.25) is 70.8 Å². The molecule has 8 amide bonds. The molecule has 0 spiro atoms. The number of benzene rings is 1. The van der Waals surface area contributed by atoms with Crippen LogP contribution in [0, 0.1) is 13.8 Å². The minimum Gasteiger partial charge on any atom is -0.461 e. The van der Waals surface area contributed by atoms with Gasteiger partial charge in [-0.2, -0.15) is 18.2 Å². The molecule has 8 aliphatic heterocycles. The van der Waals surface area contributed by atoms with Crippen LogP contribution in [0.2, 0.25) is 0 Å². The number of halogens is 3. The molecule has 8 bridgehead atoms. The van der Waals surface area contributed by atoms with Crippen molar-refractivity contribution in [3.8, 4) is 51.0 Å². The zero-order valence-electron chi connectivity index (χ0n) is 69.1. The molecule has 0 unspecified atom stereocenters. The summed E-state index contributed by atoms with van der Waals surface area (Å²) < 4.78 is 45.0. The standard InChI is InChI=1S/C24H23F3N6O4.C22H21N7O.C22H23N7O.C21H21N7O/c25-24(26,27)15-3-1-2-14(10-15)18-4-5-19-21(29-18)33(16-7-9-32(19)11-16)23(36)31-20-6-8-28-22(30-20)37-13-17(35)12-34;30-22(27-20-12-23-8-9-25-20)29-16-6-10-28(13-16)19-4-3-17(26-21(19)29)15-5-7-24-18(11-15)14-1-2-14;1-14(2)18-11-15(5-7-24-18)17-3-4-19-21(26-17)29(16-6-10-28(19)13-16)22(30)27-20-12-23-8-9-25-20;1-13-9-15(10-14(2)24-13)17-3-4-18-20(25-17)28(16-5-8-27(18)12-16)21(29)26-19-11-22-6-7-23-19/h1-6,8,10,16-17,34-35H,7,9,11-13H2,(H,28,30,31,36);3-5,7-9,11-12,14,16H,1-2,6,10,13H2,(H,25,27,30);3-5,7-9,11-12,14,16H,6,10,13H2,1-2H3,(H,25,27,30);3-4,6-7,9-11,16H,5,8,12H2,1-2H3,(H,23,26,29)/t16-,17-;3*16-/m0000/s1. The van der Waals surface area contributed by atoms with E-state index in [4.69, 9.17) is 24.8 Å². The number of nitrogens with one attached hydrogen (secondary N) is 4. The van der Waals surface area contributed by atoms with Crippen LogP contribution in [-0.2, 0) is 6.18 Å². The number of aromatic nitrogens is 15. The maximum atomic E-state index is 13.4. The first kappa shape index (κ1) is 82.3. The number of aliphatic hydroxyl groups is 2. The Morgan fingerprint density at radius 3 is 1.25 bits per heavy atom. The summed E-state index contributed by atoms with van der Waals surface area (Å²) in [5.74, 6) is 4.76. The second kappa shape index (κ2) is 35.3. The topological polar surface area (TPSA) is 385 Å². The molecule has 126 heavy (non-hydrogen) atoms. The van der Waals surface area contributed by atoms with Gasteiger partial charge in [0.05, 0.1) is 100 Å². The van der Waals surface area contributed by atoms with Crippen LogP contribution >= 0.6 is 0 Å². The van der Waals surface area contributed by atoms with Crippen molar-refractivity contribution < 1.29 is 47.3 Å². The molecule has 34 nitrogen and oxygen atoms in total. The molecule has 642 valence electrons. The van der Waals surface area contributed by atoms with E-state index in [0.29, 0.717) is 83.5 Å². The van der Waals surface area contributed by atoms with E-state index in [0.717, 1.165) is 144 Å². The van der Waals surface area contributed by atoms with Crippen LogP contribution in [0.25, 0.3) is 45.0 Å². The van der Waals surface area contributed by atoms with Crippen LogP contribution in [0.4, 0.5) is 102 Å². The predicted octanol–water partition coefficient (Wildman–Crippen LogP) is 13.2. The minimum atomic E-state index is -4.49. The van der Waals surface area contributed by atoms with Crippen LogP contribution in [0.1, 0.15) is 92.5 Å². The van der Waals surface area contributed by atoms with Crippen molar-refractivity contribution in [2.75, 3.05) is 126 Å². The zero-order chi connectivity index (χ0) is 86.9. The van der Waals surface area contributed by atoms with Gasteiger partial charge in [0.15, 0.2) is 40.7 Å². The van der Waals surface area contributed by atoms with Crippen LogP contribution in [0.3, 0.4) is 0 Å². The molecule has 9 aliphatic rings. The number of urea groups is 4. The molecule has 12 aromatic rings. The van der Waals surface area contributed by atoms with Crippen LogP contribution in [0.5, 0.6) is 6.01 Å². The average Bonchev–Trinajstić information content (AvgIpc) is 1.55. The summed E-state index contributed by atoms with van der Waals surface area (Å²) in [7, 11) is 0. The number of alkyl halides is 3. The molecule has 21 rings (SSSR count). The smallest absolute Gasteiger partial charge is 0.416 e. The highest BCUT2D eigenvalue weighted by Crippen LogP contribution is 2.47. The molecule has 5 fully saturated rings. The SMILES string of the molecule is CC(C)c1cc(-c2ccc3c(n2)N(C(=O)Nc2cnccn2)[C@H]2CCN3C2)ccn1.Cc1cc(-c2ccc3c(n2)N(C(=O)Nc2cnccn2)[C@H]2CCN3C2)cc(C)n1.O=C(Nc1ccnc(OC[C@@H](O)CO)n1)N1c2nc(-c3cccc(C(F)(F)F)c3)ccc2N2CC[C@H]1C2.O=C(Nc1cnccn1)N1c2nc(-c3ccnc(C4CC4)c3)ccc2N2CC[C@H]1C2. The number of anilines is 12. The fourth-order valence-corrected chi connectivity index (χ4v) is 17.0. The van der Waals surface area contributed by atoms with Gasteiger partial charge in [-0.1, -0.05) is 26.0 Å². The monoisotopic (exact) mass is 1700 g/mol. The Morgan fingerprint density at radius 1 is 0.437 bits per heavy atom. The fourth-order valence-electron chi connectivity index (χ4n) is 17.0. The number of hydrogen-bond donors (Lipinski definition) is 6. The van der Waals surface area contributed by atoms with Gasteiger partial charge in [-0.25, -0.2) is 59.0 Å². The van der Waals surface area contributed by atoms with E-state index in [1.165, 1.54) is 48.5 Å². The van der Waals surface area contributed by atoms with E-state index in [1.54, 1.807) is 76.3 Å². The van der Waals surface area contributed by atoms with E-state index in [9.17, 15) is 37.5 Å². The highest BCUT2D eigenvalue weighted by molar-refractivity contribution is 6.07. The van der Waals surface area contributed by atoms with Gasteiger partial charge in [-0.05, 0) is 161 Å². The van der Waals surface area contributed by atoms with E-state index < -0.39 is 30.5 Å². The molecule has 37 heteroatoms. The lowest BCUT2D eigenvalue weighted by Gasteiger charge is -2.35. The number of nitrogens with zero attached hydrogens (tertiary/aromatic N) is 23. The van der Waals surface area contributed by atoms with Gasteiger partial charge >= 0.3 is 36.3 Å². The highest BCUT2D eigenvalue weighted by atomic mass is 19.4. The number of ether oxygens (including phenoxy) is 1. The van der Waals surface area contributed by atoms with Crippen LogP contribution in [0.15, 0.2) is 190 Å². The number of aryl methyl sites for hydroxylation is 2. The van der Waals surface area contributed by atoms with Crippen LogP contribution < -0.4 is 65.2 Å². The molecule has 11 aromatic heterocycles. The minimum absolute atomic E-state index is 0.0839. The van der Waals surface area contributed by atoms with Crippen molar-refractivity contribution >= 4 is 93.4 Å². The second-order valence-corrected chi connectivity index (χ2v) is 32.1. The summed E-state index contributed by atoms with van der Waals surface area (Å²) in [6, 6.07) is 33.1. The van der Waals surface area contributed by atoms with Crippen molar-refractivity contribution in [3.63, 3.8) is 0 Å². The Labute approximate surface area is 721 Å². The molecule has 1 saturated carbocycles. The Hall–Kier alpha value is -14.6. The first-order chi connectivity index (χ1) is 61.2. The summed E-state index contributed by atoms with van der Waals surface area (Å²) in [5, 5.41) is 29.6. The lowest BCUT2D eigenvalue weighted by Crippen LogP contribution is -2.48. The van der Waals surface area contributed by atoms with Crippen molar-refractivity contribution in [1.29, 1.82) is 0 Å². The van der Waals surface area contributed by atoms with E-state index in [1.807, 2.05) is 68.7 Å². The van der Waals surface area contributed by atoms with Gasteiger partial charge in [0.2, 0.25) is 0 Å². The van der Waals surface area contributed by atoms with Gasteiger partial charge in [0.25, 0.3) is 0 Å². The van der Waals surface area contributed by atoms with E-state index in [2.05, 4.69) is 145 Å². The van der Waals surface area contributed by atoms with Crippen molar-refractivity contribution in [2.45, 2.75) is 115 Å². The third-order valence-electron chi connectivity index (χ3n) is 23.2. The number of pyridine rings is 7. The lowest BCUT2D eigenvalue weighted by atomic mass is 10.1. The summed E-state index contributed by atoms with van der Waals surface area (Å²) in [5.41, 5.74) is 13.1. The molecular weight excluding hydrogens is 1620 g/mol. The second-order valence-electron chi connectivity index (χ2n) is 32.1. The highest BCUT2D eigenvalue weighted by Gasteiger charge is 2.46. The Kier molecular flexibility index (Phi) is 23.1. The summed E-state index contributed by atoms with van der Waals surface area (Å²) in [6.07, 6.45) is 19.3. The summed E-state index contributed by atoms with van der Waals surface area (Å²) in [4.78, 5) is 134. The molecule has 5 atom stereocenters. The summed E-state index contributed by atoms with van der Waals surface area (Å²) in [6.45, 7) is 14.0. The molecule has 6 N–H and O–H groups in total. The van der Waals surface area contributed by atoms with Gasteiger partial charge in [0, 0.05) is 159 Å². The van der Waals surface area contributed by atoms with Crippen molar-refractivity contribution in [3.05, 3.63) is 218 Å². The number of aliphatic hydroxyl groups excluding tert-OH is 2. The molecule has 1 aliphatic carbocycles. The van der Waals surface area contributed by atoms with Crippen molar-refractivity contribution in [2.24, 2.45) is 0 Å². The number of rotatable bonds is 14. The maximum absolute atomic E-state index is 13.4. The Balaban J connectivity index is 0.000000114. The summed E-state index contributed by atoms with van der Waals surface area (Å²) >= 11 is 0. The molecular formula is C89H88F3N27O7. The van der Waals surface area contributed by atoms with Gasteiger partial charge in [0.1, 0.15) is 18.5 Å². The van der Waals surface area contributed by atoms with E-state index in [-0.39, 0.29) is 66.3 Å². The molecule has 4 saturated heterocycles. The normalized spacial score (nSPS) is 17.8. The number of amides is 8. The molecule has 0 radical (unpaired) electrons. The number of hydrogen-bond acceptors (Lipinski definition) is 26. The maximum Gasteiger partial charge on any atom is 0.416 e. The fraction of sp³-hybridized carbons (Fsp3) is 0.315. The lowest BCUT2D eigenvalue weighted by molar-refractivity contribution is -0.137. The Morgan fingerprint density at radius 2 is 0.841 bits per heavy atom. The Bertz CT molecular complexity index is 5860. The van der Waals surface area contributed by atoms with E-state index >= 15 is 0 Å². The molecule has 19 heterocycles. The van der Waals surface area contributed by atoms with Crippen molar-refractivity contribution in [1.82, 2.24) is 74.8 Å². The van der Waals surface area contributed by atoms with Crippen LogP contribution in [-0.4, -0.2) is 205 Å². The predicted molar refractivity (Wildman–Crippen MR) is 468 cm³/mol. The number of carbonyl (C=O) groups is 4. The van der Waals surface area contributed by atoms with Gasteiger partial charge in [-0.15, -0.1) is 0 Å². The average molecular weight is 1700 g/mol. The first-order valence-electron chi connectivity index (χ1n) is 41.7. The van der Waals surface area contributed by atoms with Gasteiger partial charge < -0.3 is 34.5 Å².